The average molecular weight is 593 g/mol. The lowest BCUT2D eigenvalue weighted by Crippen LogP contribution is -2.56. The molecule has 1 aliphatic heterocycles. The van der Waals surface area contributed by atoms with E-state index >= 15 is 0 Å². The van der Waals surface area contributed by atoms with E-state index in [1.165, 1.54) is 12.0 Å². The monoisotopic (exact) mass is 592 g/mol. The number of amides is 3. The smallest absolute Gasteiger partial charge is 0.247 e. The fraction of sp³-hybridized carbons (Fsp3) is 0.312. The molecule has 2 aromatic carbocycles. The summed E-state index contributed by atoms with van der Waals surface area (Å²) in [6.07, 6.45) is 7.10. The van der Waals surface area contributed by atoms with Crippen LogP contribution in [0.2, 0.25) is 5.02 Å². The van der Waals surface area contributed by atoms with Crippen LogP contribution in [0.5, 0.6) is 5.75 Å². The molecular weight excluding hydrogens is 556 g/mol. The maximum Gasteiger partial charge on any atom is 0.247 e. The van der Waals surface area contributed by atoms with Gasteiger partial charge in [-0.2, -0.15) is 0 Å². The quantitative estimate of drug-likeness (QED) is 0.237. The van der Waals surface area contributed by atoms with Crippen molar-refractivity contribution in [3.05, 3.63) is 95.1 Å². The molecule has 10 heteroatoms. The van der Waals surface area contributed by atoms with Crippen molar-refractivity contribution in [2.24, 2.45) is 5.73 Å². The normalized spacial score (nSPS) is 15.5. The van der Waals surface area contributed by atoms with Crippen molar-refractivity contribution in [2.75, 3.05) is 19.0 Å². The maximum atomic E-state index is 13.7. The summed E-state index contributed by atoms with van der Waals surface area (Å²) < 4.78 is 5.31. The molecular formula is C32H37ClN4O5. The molecule has 3 rings (SSSR count). The summed E-state index contributed by atoms with van der Waals surface area (Å²) in [5.74, 6) is -1.08. The van der Waals surface area contributed by atoms with Crippen molar-refractivity contribution < 1.29 is 23.9 Å². The zero-order chi connectivity index (χ0) is 30.6. The topological polar surface area (TPSA) is 131 Å². The van der Waals surface area contributed by atoms with Crippen LogP contribution in [-0.4, -0.2) is 54.1 Å². The van der Waals surface area contributed by atoms with E-state index in [0.717, 1.165) is 11.1 Å². The van der Waals surface area contributed by atoms with Crippen LogP contribution >= 0.6 is 11.6 Å². The highest BCUT2D eigenvalue weighted by Gasteiger charge is 2.36. The molecule has 2 atom stereocenters. The zero-order valence-corrected chi connectivity index (χ0v) is 24.7. The highest BCUT2D eigenvalue weighted by atomic mass is 35.5. The second-order valence-electron chi connectivity index (χ2n) is 9.88. The molecule has 0 aliphatic carbocycles. The van der Waals surface area contributed by atoms with Crippen LogP contribution in [0.3, 0.4) is 0 Å². The first kappa shape index (κ1) is 32.3. The Morgan fingerprint density at radius 3 is 2.57 bits per heavy atom. The first-order valence-electron chi connectivity index (χ1n) is 13.7. The first-order chi connectivity index (χ1) is 20.2. The number of nitrogens with two attached hydrogens (primary N) is 1. The molecule has 0 bridgehead atoms. The van der Waals surface area contributed by atoms with E-state index in [9.17, 15) is 19.2 Å². The van der Waals surface area contributed by atoms with Crippen LogP contribution in [0.1, 0.15) is 37.3 Å². The first-order valence-corrected chi connectivity index (χ1v) is 14.1. The number of ether oxygens (including phenoxy) is 1. The summed E-state index contributed by atoms with van der Waals surface area (Å²) in [5, 5.41) is 6.01. The number of ketones is 1. The molecule has 0 spiro atoms. The molecule has 9 nitrogen and oxygen atoms in total. The molecule has 42 heavy (non-hydrogen) atoms. The van der Waals surface area contributed by atoms with Gasteiger partial charge in [0.2, 0.25) is 17.7 Å². The third-order valence-corrected chi connectivity index (χ3v) is 7.22. The van der Waals surface area contributed by atoms with Crippen molar-refractivity contribution in [2.45, 2.75) is 51.2 Å². The van der Waals surface area contributed by atoms with Crippen molar-refractivity contribution in [1.29, 1.82) is 0 Å². The van der Waals surface area contributed by atoms with E-state index in [0.29, 0.717) is 22.0 Å². The van der Waals surface area contributed by atoms with E-state index in [1.54, 1.807) is 49.4 Å². The number of carbonyl (C=O) groups is 4. The van der Waals surface area contributed by atoms with Gasteiger partial charge in [0.05, 0.1) is 12.8 Å². The Labute approximate surface area is 251 Å². The number of fused-ring (bicyclic) bond motifs is 1. The minimum atomic E-state index is -0.963. The standard InChI is InChI=1S/C32H37ClN4O5/c1-4-5-6-9-21(2)28(38)14-15-30(39)37-20-23-11-8-7-10-22(23)18-27(37)32(41)36-26(16-17-34)31(40)35-25-13-12-24(33)19-29(25)42-3/h4-13,19,26-27H,1,14-18,20,34H2,2-3H3,(H,35,40)(H,36,41)/b6-5-,21-9+/t26-,27-/m0/s1. The zero-order valence-electron chi connectivity index (χ0n) is 23.9. The van der Waals surface area contributed by atoms with Crippen molar-refractivity contribution in [3.63, 3.8) is 0 Å². The number of nitrogens with one attached hydrogen (secondary N) is 2. The van der Waals surface area contributed by atoms with Gasteiger partial charge in [0.1, 0.15) is 17.8 Å². The van der Waals surface area contributed by atoms with E-state index in [2.05, 4.69) is 17.2 Å². The molecule has 1 aliphatic rings. The molecule has 0 aromatic heterocycles. The van der Waals surface area contributed by atoms with Crippen LogP contribution < -0.4 is 21.1 Å². The molecule has 222 valence electrons. The maximum absolute atomic E-state index is 13.7. The predicted octanol–water partition coefficient (Wildman–Crippen LogP) is 4.11. The van der Waals surface area contributed by atoms with Crippen molar-refractivity contribution in [1.82, 2.24) is 10.2 Å². The highest BCUT2D eigenvalue weighted by molar-refractivity contribution is 6.30. The van der Waals surface area contributed by atoms with E-state index in [4.69, 9.17) is 22.1 Å². The second-order valence-corrected chi connectivity index (χ2v) is 10.3. The molecule has 2 aromatic rings. The molecule has 1 heterocycles. The Bertz CT molecular complexity index is 1390. The number of rotatable bonds is 13. The number of allylic oxidation sites excluding steroid dienone is 5. The van der Waals surface area contributed by atoms with Gasteiger partial charge in [-0.05, 0) is 48.7 Å². The van der Waals surface area contributed by atoms with Gasteiger partial charge in [-0.3, -0.25) is 19.2 Å². The lowest BCUT2D eigenvalue weighted by atomic mass is 9.92. The van der Waals surface area contributed by atoms with E-state index in [-0.39, 0.29) is 50.5 Å². The molecule has 0 unspecified atom stereocenters. The number of Topliss-reactive ketones (excluding diaryl/α,β-unsaturated/α-hetero) is 1. The van der Waals surface area contributed by atoms with E-state index < -0.39 is 23.9 Å². The highest BCUT2D eigenvalue weighted by Crippen LogP contribution is 2.28. The molecule has 4 N–H and O–H groups in total. The van der Waals surface area contributed by atoms with Gasteiger partial charge in [-0.15, -0.1) is 0 Å². The number of methoxy groups -OCH3 is 1. The van der Waals surface area contributed by atoms with Gasteiger partial charge in [0.15, 0.2) is 5.78 Å². The van der Waals surface area contributed by atoms with Gasteiger partial charge in [0.25, 0.3) is 0 Å². The van der Waals surface area contributed by atoms with Crippen LogP contribution in [0.15, 0.2) is 78.9 Å². The van der Waals surface area contributed by atoms with Gasteiger partial charge in [-0.25, -0.2) is 0 Å². The largest absolute Gasteiger partial charge is 0.495 e. The number of hydrogen-bond acceptors (Lipinski definition) is 6. The molecule has 0 radical (unpaired) electrons. The second kappa shape index (κ2) is 15.7. The van der Waals surface area contributed by atoms with Crippen molar-refractivity contribution >= 4 is 40.8 Å². The van der Waals surface area contributed by atoms with Crippen molar-refractivity contribution in [3.8, 4) is 5.75 Å². The summed E-state index contributed by atoms with van der Waals surface area (Å²) >= 11 is 6.03. The Morgan fingerprint density at radius 1 is 1.14 bits per heavy atom. The minimum absolute atomic E-state index is 0.0106. The lowest BCUT2D eigenvalue weighted by molar-refractivity contribution is -0.143. The van der Waals surface area contributed by atoms with Crippen LogP contribution in [0, 0.1) is 0 Å². The fourth-order valence-electron chi connectivity index (χ4n) is 4.64. The van der Waals surface area contributed by atoms with E-state index in [1.807, 2.05) is 24.3 Å². The third-order valence-electron chi connectivity index (χ3n) is 6.98. The average Bonchev–Trinajstić information content (AvgIpc) is 2.99. The molecule has 3 amide bonds. The number of nitrogens with zero attached hydrogens (tertiary/aromatic N) is 1. The predicted molar refractivity (Wildman–Crippen MR) is 164 cm³/mol. The minimum Gasteiger partial charge on any atom is -0.495 e. The van der Waals surface area contributed by atoms with Crippen LogP contribution in [0.25, 0.3) is 0 Å². The number of hydrogen-bond donors (Lipinski definition) is 3. The SMILES string of the molecule is C=C/C=C\C=C(/C)C(=O)CCC(=O)N1Cc2ccccc2C[C@H]1C(=O)N[C@@H](CCN)C(=O)Nc1ccc(Cl)cc1OC. The lowest BCUT2D eigenvalue weighted by Gasteiger charge is -2.36. The van der Waals surface area contributed by atoms with Gasteiger partial charge < -0.3 is 26.0 Å². The molecule has 0 fully saturated rings. The summed E-state index contributed by atoms with van der Waals surface area (Å²) in [7, 11) is 1.46. The Hall–Kier alpha value is -4.21. The third kappa shape index (κ3) is 8.64. The van der Waals surface area contributed by atoms with Gasteiger partial charge >= 0.3 is 0 Å². The summed E-state index contributed by atoms with van der Waals surface area (Å²) in [6, 6.07) is 10.5. The molecule has 0 saturated carbocycles. The van der Waals surface area contributed by atoms with Crippen LogP contribution in [0.4, 0.5) is 5.69 Å². The Morgan fingerprint density at radius 2 is 1.88 bits per heavy atom. The Balaban J connectivity index is 1.77. The van der Waals surface area contributed by atoms with Gasteiger partial charge in [-0.1, -0.05) is 66.7 Å². The van der Waals surface area contributed by atoms with Gasteiger partial charge in [0, 0.05) is 36.9 Å². The summed E-state index contributed by atoms with van der Waals surface area (Å²) in [5.41, 5.74) is 8.56. The Kier molecular flexibility index (Phi) is 12.1. The fourth-order valence-corrected chi connectivity index (χ4v) is 4.81. The summed E-state index contributed by atoms with van der Waals surface area (Å²) in [6.45, 7) is 5.64. The number of carbonyl (C=O) groups excluding carboxylic acids is 4. The number of anilines is 1. The number of benzene rings is 2. The number of halogens is 1. The molecule has 0 saturated heterocycles. The van der Waals surface area contributed by atoms with Crippen LogP contribution in [-0.2, 0) is 32.1 Å². The summed E-state index contributed by atoms with van der Waals surface area (Å²) in [4.78, 5) is 54.4.